The van der Waals surface area contributed by atoms with Crippen LogP contribution in [0.4, 0.5) is 13.2 Å². The summed E-state index contributed by atoms with van der Waals surface area (Å²) >= 11 is 5.80. The summed E-state index contributed by atoms with van der Waals surface area (Å²) in [5.74, 6) is -0.561. The molecule has 0 bridgehead atoms. The minimum absolute atomic E-state index is 0.176. The van der Waals surface area contributed by atoms with Crippen LogP contribution < -0.4 is 0 Å². The molecule has 2 aromatic heterocycles. The third kappa shape index (κ3) is 3.26. The van der Waals surface area contributed by atoms with E-state index in [2.05, 4.69) is 15.1 Å². The summed E-state index contributed by atoms with van der Waals surface area (Å²) < 4.78 is 38.6. The normalized spacial score (nSPS) is 11.7. The molecule has 0 radical (unpaired) electrons. The van der Waals surface area contributed by atoms with Crippen LogP contribution in [0.15, 0.2) is 42.6 Å². The van der Waals surface area contributed by atoms with Crippen molar-refractivity contribution in [3.63, 3.8) is 0 Å². The van der Waals surface area contributed by atoms with Gasteiger partial charge in [0.1, 0.15) is 0 Å². The zero-order valence-corrected chi connectivity index (χ0v) is 12.0. The van der Waals surface area contributed by atoms with Gasteiger partial charge in [0.15, 0.2) is 5.69 Å². The summed E-state index contributed by atoms with van der Waals surface area (Å²) in [5.41, 5.74) is -0.123. The number of halogens is 4. The average Bonchev–Trinajstić information content (AvgIpc) is 2.97. The molecule has 0 saturated heterocycles. The van der Waals surface area contributed by atoms with Gasteiger partial charge >= 0.3 is 6.18 Å². The topological polar surface area (TPSA) is 63.8 Å². The highest BCUT2D eigenvalue weighted by molar-refractivity contribution is 6.30. The Kier molecular flexibility index (Phi) is 3.69. The molecule has 0 unspecified atom stereocenters. The van der Waals surface area contributed by atoms with Crippen molar-refractivity contribution in [2.24, 2.45) is 0 Å². The zero-order chi connectivity index (χ0) is 16.6. The smallest absolute Gasteiger partial charge is 0.435 e. The molecule has 1 aromatic carbocycles. The van der Waals surface area contributed by atoms with E-state index in [0.717, 1.165) is 16.9 Å². The van der Waals surface area contributed by atoms with E-state index in [9.17, 15) is 18.3 Å². The van der Waals surface area contributed by atoms with Crippen molar-refractivity contribution in [3.8, 4) is 23.1 Å². The first kappa shape index (κ1) is 15.3. The van der Waals surface area contributed by atoms with E-state index in [4.69, 9.17) is 11.6 Å². The summed E-state index contributed by atoms with van der Waals surface area (Å²) in [4.78, 5) is 7.81. The molecular formula is C14H8ClF3N4O. The van der Waals surface area contributed by atoms with Crippen LogP contribution in [0, 0.1) is 0 Å². The number of aromatic hydroxyl groups is 1. The Bertz CT molecular complexity index is 846. The second kappa shape index (κ2) is 5.54. The molecule has 0 aliphatic rings. The summed E-state index contributed by atoms with van der Waals surface area (Å²) in [6.45, 7) is 0. The van der Waals surface area contributed by atoms with Crippen LogP contribution >= 0.6 is 11.6 Å². The lowest BCUT2D eigenvalue weighted by molar-refractivity contribution is -0.141. The molecule has 3 aromatic rings. The number of benzene rings is 1. The zero-order valence-electron chi connectivity index (χ0n) is 11.3. The van der Waals surface area contributed by atoms with Gasteiger partial charge in [-0.05, 0) is 18.2 Å². The molecule has 0 amide bonds. The highest BCUT2D eigenvalue weighted by Crippen LogP contribution is 2.28. The Morgan fingerprint density at radius 2 is 1.74 bits per heavy atom. The van der Waals surface area contributed by atoms with Gasteiger partial charge in [-0.3, -0.25) is 0 Å². The minimum atomic E-state index is -4.57. The second-order valence-electron chi connectivity index (χ2n) is 4.56. The van der Waals surface area contributed by atoms with Gasteiger partial charge in [-0.15, -0.1) is 0 Å². The summed E-state index contributed by atoms with van der Waals surface area (Å²) in [6.07, 6.45) is -3.50. The molecular weight excluding hydrogens is 333 g/mol. The lowest BCUT2D eigenvalue weighted by Gasteiger charge is -2.06. The Morgan fingerprint density at radius 3 is 2.35 bits per heavy atom. The van der Waals surface area contributed by atoms with Crippen LogP contribution in [0.1, 0.15) is 5.69 Å². The van der Waals surface area contributed by atoms with Crippen LogP contribution in [0.5, 0.6) is 5.88 Å². The van der Waals surface area contributed by atoms with E-state index in [1.54, 1.807) is 24.3 Å². The molecule has 0 aliphatic heterocycles. The minimum Gasteiger partial charge on any atom is -0.493 e. The third-order valence-corrected chi connectivity index (χ3v) is 3.18. The van der Waals surface area contributed by atoms with Crippen LogP contribution in [0.3, 0.4) is 0 Å². The SMILES string of the molecule is Oc1cc(-c2ccc(Cl)cc2)nc(-n2ccc(C(F)(F)F)n2)n1. The van der Waals surface area contributed by atoms with Gasteiger partial charge in [0, 0.05) is 22.8 Å². The number of nitrogens with zero attached hydrogens (tertiary/aromatic N) is 4. The first-order chi connectivity index (χ1) is 10.8. The van der Waals surface area contributed by atoms with Gasteiger partial charge < -0.3 is 5.11 Å². The van der Waals surface area contributed by atoms with Gasteiger partial charge in [0.2, 0.25) is 5.88 Å². The van der Waals surface area contributed by atoms with Crippen LogP contribution in [0.25, 0.3) is 17.2 Å². The van der Waals surface area contributed by atoms with Crippen molar-refractivity contribution in [2.45, 2.75) is 6.18 Å². The standard InChI is InChI=1S/C14H8ClF3N4O/c15-9-3-1-8(2-4-9)10-7-12(23)20-13(19-10)22-6-5-11(21-22)14(16,17)18/h1-7H,(H,19,20,23). The number of aromatic nitrogens is 4. The number of rotatable bonds is 2. The van der Waals surface area contributed by atoms with E-state index in [1.165, 1.54) is 6.07 Å². The van der Waals surface area contributed by atoms with Gasteiger partial charge in [-0.25, -0.2) is 9.67 Å². The summed E-state index contributed by atoms with van der Waals surface area (Å²) in [5, 5.41) is 13.6. The Morgan fingerprint density at radius 1 is 1.04 bits per heavy atom. The van der Waals surface area contributed by atoms with Gasteiger partial charge in [-0.1, -0.05) is 23.7 Å². The third-order valence-electron chi connectivity index (χ3n) is 2.93. The van der Waals surface area contributed by atoms with Crippen molar-refractivity contribution in [3.05, 3.63) is 53.3 Å². The number of alkyl halides is 3. The van der Waals surface area contributed by atoms with Crippen molar-refractivity contribution in [1.82, 2.24) is 19.7 Å². The quantitative estimate of drug-likeness (QED) is 0.772. The molecule has 0 saturated carbocycles. The van der Waals surface area contributed by atoms with Gasteiger partial charge in [0.05, 0.1) is 5.69 Å². The monoisotopic (exact) mass is 340 g/mol. The molecule has 0 fully saturated rings. The highest BCUT2D eigenvalue weighted by atomic mass is 35.5. The fraction of sp³-hybridized carbons (Fsp3) is 0.0714. The molecule has 5 nitrogen and oxygen atoms in total. The lowest BCUT2D eigenvalue weighted by atomic mass is 10.1. The van der Waals surface area contributed by atoms with Crippen molar-refractivity contribution >= 4 is 11.6 Å². The average molecular weight is 341 g/mol. The van der Waals surface area contributed by atoms with E-state index in [1.807, 2.05) is 0 Å². The number of hydrogen-bond acceptors (Lipinski definition) is 4. The molecule has 0 atom stereocenters. The van der Waals surface area contributed by atoms with Crippen molar-refractivity contribution < 1.29 is 18.3 Å². The van der Waals surface area contributed by atoms with Crippen LogP contribution in [-0.2, 0) is 6.18 Å². The molecule has 1 N–H and O–H groups in total. The first-order valence-electron chi connectivity index (χ1n) is 6.30. The van der Waals surface area contributed by atoms with Crippen LogP contribution in [0.2, 0.25) is 5.02 Å². The molecule has 23 heavy (non-hydrogen) atoms. The summed E-state index contributed by atoms with van der Waals surface area (Å²) in [7, 11) is 0. The van der Waals surface area contributed by atoms with E-state index in [-0.39, 0.29) is 11.8 Å². The maximum atomic E-state index is 12.6. The predicted molar refractivity (Wildman–Crippen MR) is 76.3 cm³/mol. The molecule has 0 spiro atoms. The molecule has 118 valence electrons. The maximum absolute atomic E-state index is 12.6. The summed E-state index contributed by atoms with van der Waals surface area (Å²) in [6, 6.07) is 8.68. The molecule has 0 aliphatic carbocycles. The highest BCUT2D eigenvalue weighted by Gasteiger charge is 2.33. The van der Waals surface area contributed by atoms with E-state index in [0.29, 0.717) is 16.3 Å². The molecule has 2 heterocycles. The fourth-order valence-corrected chi connectivity index (χ4v) is 2.01. The van der Waals surface area contributed by atoms with Gasteiger partial charge in [-0.2, -0.15) is 23.3 Å². The van der Waals surface area contributed by atoms with Crippen LogP contribution in [-0.4, -0.2) is 24.9 Å². The maximum Gasteiger partial charge on any atom is 0.435 e. The lowest BCUT2D eigenvalue weighted by Crippen LogP contribution is -2.09. The predicted octanol–water partition coefficient (Wildman–Crippen LogP) is 3.71. The molecule has 9 heteroatoms. The number of hydrogen-bond donors (Lipinski definition) is 1. The van der Waals surface area contributed by atoms with Gasteiger partial charge in [0.25, 0.3) is 5.95 Å². The fourth-order valence-electron chi connectivity index (χ4n) is 1.88. The van der Waals surface area contributed by atoms with Crippen molar-refractivity contribution in [1.29, 1.82) is 0 Å². The second-order valence-corrected chi connectivity index (χ2v) is 5.00. The van der Waals surface area contributed by atoms with Crippen molar-refractivity contribution in [2.75, 3.05) is 0 Å². The molecule has 3 rings (SSSR count). The van der Waals surface area contributed by atoms with E-state index < -0.39 is 11.9 Å². The first-order valence-corrected chi connectivity index (χ1v) is 6.68. The Labute approximate surface area is 133 Å². The Balaban J connectivity index is 2.04. The largest absolute Gasteiger partial charge is 0.493 e. The Hall–Kier alpha value is -2.61. The van der Waals surface area contributed by atoms with E-state index >= 15 is 0 Å².